The van der Waals surface area contributed by atoms with Crippen LogP contribution in [-0.2, 0) is 6.61 Å². The zero-order valence-corrected chi connectivity index (χ0v) is 12.2. The minimum atomic E-state index is -0.109. The first-order chi connectivity index (χ1) is 9.70. The second-order valence-corrected chi connectivity index (χ2v) is 5.43. The van der Waals surface area contributed by atoms with Crippen LogP contribution in [0.25, 0.3) is 10.9 Å². The average molecular weight is 330 g/mol. The Morgan fingerprint density at radius 2 is 1.95 bits per heavy atom. The van der Waals surface area contributed by atoms with Gasteiger partial charge in [-0.1, -0.05) is 40.2 Å². The van der Waals surface area contributed by atoms with E-state index in [1.165, 1.54) is 0 Å². The van der Waals surface area contributed by atoms with Crippen molar-refractivity contribution >= 4 is 32.7 Å². The van der Waals surface area contributed by atoms with Gasteiger partial charge < -0.3 is 5.11 Å². The summed E-state index contributed by atoms with van der Waals surface area (Å²) in [7, 11) is 0. The summed E-state index contributed by atoms with van der Waals surface area (Å²) < 4.78 is 2.45. The van der Waals surface area contributed by atoms with Gasteiger partial charge in [0.25, 0.3) is 5.91 Å². The molecule has 0 amide bonds. The van der Waals surface area contributed by atoms with E-state index in [-0.39, 0.29) is 12.5 Å². The molecular weight excluding hydrogens is 318 g/mol. The zero-order valence-electron chi connectivity index (χ0n) is 10.6. The van der Waals surface area contributed by atoms with Crippen LogP contribution in [0.4, 0.5) is 0 Å². The molecule has 0 radical (unpaired) electrons. The summed E-state index contributed by atoms with van der Waals surface area (Å²) in [6, 6.07) is 14.8. The maximum absolute atomic E-state index is 12.6. The average Bonchev–Trinajstić information content (AvgIpc) is 2.85. The maximum atomic E-state index is 12.6. The second kappa shape index (κ2) is 5.23. The number of hydrogen-bond donors (Lipinski definition) is 1. The number of hydrogen-bond acceptors (Lipinski definition) is 2. The van der Waals surface area contributed by atoms with E-state index >= 15 is 0 Å². The van der Waals surface area contributed by atoms with Crippen LogP contribution in [0.2, 0.25) is 0 Å². The number of rotatable bonds is 2. The SMILES string of the molecule is O=C(c1cccc(Br)c1)n1cc(CO)c2ccccc21. The van der Waals surface area contributed by atoms with Crippen molar-refractivity contribution in [2.45, 2.75) is 6.61 Å². The molecule has 0 unspecified atom stereocenters. The zero-order chi connectivity index (χ0) is 14.1. The Morgan fingerprint density at radius 1 is 1.15 bits per heavy atom. The molecule has 0 saturated carbocycles. The van der Waals surface area contributed by atoms with Gasteiger partial charge in [0.2, 0.25) is 0 Å². The quantitative estimate of drug-likeness (QED) is 0.780. The summed E-state index contributed by atoms with van der Waals surface area (Å²) >= 11 is 3.37. The van der Waals surface area contributed by atoms with E-state index in [1.807, 2.05) is 36.4 Å². The van der Waals surface area contributed by atoms with Gasteiger partial charge in [-0.3, -0.25) is 9.36 Å². The second-order valence-electron chi connectivity index (χ2n) is 4.52. The first kappa shape index (κ1) is 13.1. The molecule has 20 heavy (non-hydrogen) atoms. The van der Waals surface area contributed by atoms with E-state index in [0.29, 0.717) is 5.56 Å². The molecule has 1 heterocycles. The lowest BCUT2D eigenvalue weighted by molar-refractivity contribution is 0.0964. The van der Waals surface area contributed by atoms with Crippen LogP contribution < -0.4 is 0 Å². The van der Waals surface area contributed by atoms with Gasteiger partial charge in [-0.25, -0.2) is 0 Å². The Hall–Kier alpha value is -1.91. The lowest BCUT2D eigenvalue weighted by Crippen LogP contribution is -2.10. The topological polar surface area (TPSA) is 42.2 Å². The van der Waals surface area contributed by atoms with Crippen molar-refractivity contribution in [3.8, 4) is 0 Å². The van der Waals surface area contributed by atoms with E-state index in [0.717, 1.165) is 20.9 Å². The summed E-state index contributed by atoms with van der Waals surface area (Å²) in [5.74, 6) is -0.109. The monoisotopic (exact) mass is 329 g/mol. The molecule has 1 N–H and O–H groups in total. The molecule has 0 aliphatic rings. The van der Waals surface area contributed by atoms with Crippen molar-refractivity contribution in [1.29, 1.82) is 0 Å². The number of carbonyl (C=O) groups is 1. The fraction of sp³-hybridized carbons (Fsp3) is 0.0625. The number of fused-ring (bicyclic) bond motifs is 1. The first-order valence-corrected chi connectivity index (χ1v) is 7.00. The lowest BCUT2D eigenvalue weighted by Gasteiger charge is -2.04. The predicted octanol–water partition coefficient (Wildman–Crippen LogP) is 3.58. The maximum Gasteiger partial charge on any atom is 0.262 e. The van der Waals surface area contributed by atoms with Crippen molar-refractivity contribution in [3.63, 3.8) is 0 Å². The number of aliphatic hydroxyl groups excluding tert-OH is 1. The Bertz CT molecular complexity index is 792. The normalized spacial score (nSPS) is 10.9. The molecule has 4 heteroatoms. The van der Waals surface area contributed by atoms with E-state index in [4.69, 9.17) is 0 Å². The van der Waals surface area contributed by atoms with Gasteiger partial charge in [0.1, 0.15) is 0 Å². The van der Waals surface area contributed by atoms with Crippen LogP contribution in [-0.4, -0.2) is 15.6 Å². The Kier molecular flexibility index (Phi) is 3.42. The molecule has 3 rings (SSSR count). The van der Waals surface area contributed by atoms with Gasteiger partial charge in [-0.05, 0) is 24.3 Å². The summed E-state index contributed by atoms with van der Waals surface area (Å²) in [6.45, 7) is -0.0841. The lowest BCUT2D eigenvalue weighted by atomic mass is 10.2. The number of benzene rings is 2. The molecule has 3 nitrogen and oxygen atoms in total. The van der Waals surface area contributed by atoms with Gasteiger partial charge in [0.15, 0.2) is 0 Å². The van der Waals surface area contributed by atoms with Gasteiger partial charge in [0, 0.05) is 27.2 Å². The summed E-state index contributed by atoms with van der Waals surface area (Å²) in [5.41, 5.74) is 2.16. The highest BCUT2D eigenvalue weighted by Gasteiger charge is 2.14. The fourth-order valence-electron chi connectivity index (χ4n) is 2.30. The van der Waals surface area contributed by atoms with Gasteiger partial charge in [-0.2, -0.15) is 0 Å². The van der Waals surface area contributed by atoms with Crippen LogP contribution in [0.5, 0.6) is 0 Å². The van der Waals surface area contributed by atoms with Crippen molar-refractivity contribution in [3.05, 3.63) is 70.3 Å². The third-order valence-corrected chi connectivity index (χ3v) is 3.75. The molecule has 0 spiro atoms. The Balaban J connectivity index is 2.17. The van der Waals surface area contributed by atoms with Gasteiger partial charge in [-0.15, -0.1) is 0 Å². The van der Waals surface area contributed by atoms with Crippen LogP contribution >= 0.6 is 15.9 Å². The van der Waals surface area contributed by atoms with E-state index in [9.17, 15) is 9.90 Å². The number of para-hydroxylation sites is 1. The fourth-order valence-corrected chi connectivity index (χ4v) is 2.70. The molecule has 0 fully saturated rings. The Morgan fingerprint density at radius 3 is 2.70 bits per heavy atom. The van der Waals surface area contributed by atoms with Crippen LogP contribution in [0, 0.1) is 0 Å². The summed E-state index contributed by atoms with van der Waals surface area (Å²) in [6.07, 6.45) is 1.70. The largest absolute Gasteiger partial charge is 0.392 e. The highest BCUT2D eigenvalue weighted by Crippen LogP contribution is 2.23. The van der Waals surface area contributed by atoms with Gasteiger partial charge in [0.05, 0.1) is 12.1 Å². The molecule has 0 saturated heterocycles. The minimum Gasteiger partial charge on any atom is -0.392 e. The minimum absolute atomic E-state index is 0.0841. The number of aromatic nitrogens is 1. The third-order valence-electron chi connectivity index (χ3n) is 3.26. The van der Waals surface area contributed by atoms with E-state index in [2.05, 4.69) is 15.9 Å². The molecule has 100 valence electrons. The molecule has 0 aliphatic carbocycles. The smallest absolute Gasteiger partial charge is 0.262 e. The van der Waals surface area contributed by atoms with Crippen LogP contribution in [0.15, 0.2) is 59.2 Å². The highest BCUT2D eigenvalue weighted by atomic mass is 79.9. The van der Waals surface area contributed by atoms with Crippen LogP contribution in [0.1, 0.15) is 15.9 Å². The van der Waals surface area contributed by atoms with E-state index in [1.54, 1.807) is 22.9 Å². The molecule has 1 aromatic heterocycles. The molecule has 0 atom stereocenters. The predicted molar refractivity (Wildman–Crippen MR) is 81.7 cm³/mol. The number of aliphatic hydroxyl groups is 1. The molecular formula is C16H12BrNO2. The third kappa shape index (κ3) is 2.17. The van der Waals surface area contributed by atoms with Crippen molar-refractivity contribution in [1.82, 2.24) is 4.57 Å². The summed E-state index contributed by atoms with van der Waals surface area (Å²) in [4.78, 5) is 12.6. The van der Waals surface area contributed by atoms with Crippen molar-refractivity contribution in [2.75, 3.05) is 0 Å². The number of carbonyl (C=O) groups excluding carboxylic acids is 1. The Labute approximate surface area is 124 Å². The number of halogens is 1. The number of nitrogens with zero attached hydrogens (tertiary/aromatic N) is 1. The van der Waals surface area contributed by atoms with E-state index < -0.39 is 0 Å². The van der Waals surface area contributed by atoms with Crippen molar-refractivity contribution < 1.29 is 9.90 Å². The molecule has 0 bridgehead atoms. The molecule has 2 aromatic carbocycles. The summed E-state index contributed by atoms with van der Waals surface area (Å²) in [5, 5.41) is 10.3. The first-order valence-electron chi connectivity index (χ1n) is 6.21. The molecule has 0 aliphatic heterocycles. The highest BCUT2D eigenvalue weighted by molar-refractivity contribution is 9.10. The van der Waals surface area contributed by atoms with Crippen LogP contribution in [0.3, 0.4) is 0 Å². The van der Waals surface area contributed by atoms with Gasteiger partial charge >= 0.3 is 0 Å². The van der Waals surface area contributed by atoms with Crippen molar-refractivity contribution in [2.24, 2.45) is 0 Å². The molecule has 3 aromatic rings. The standard InChI is InChI=1S/C16H12BrNO2/c17-13-5-3-4-11(8-13)16(20)18-9-12(10-19)14-6-1-2-7-15(14)18/h1-9,19H,10H2.